The maximum absolute atomic E-state index is 12.8. The molecule has 0 aliphatic rings. The van der Waals surface area contributed by atoms with Gasteiger partial charge in [-0.05, 0) is 29.6 Å². The number of ketones is 1. The van der Waals surface area contributed by atoms with Crippen molar-refractivity contribution in [3.8, 4) is 0 Å². The lowest BCUT2D eigenvalue weighted by Gasteiger charge is -1.99. The molecular formula is C13H10FNOS. The van der Waals surface area contributed by atoms with E-state index in [1.54, 1.807) is 18.2 Å². The average molecular weight is 247 g/mol. The normalized spacial score (nSPS) is 10.6. The van der Waals surface area contributed by atoms with Gasteiger partial charge in [0.1, 0.15) is 5.82 Å². The summed E-state index contributed by atoms with van der Waals surface area (Å²) in [6.07, 6.45) is 2.94. The van der Waals surface area contributed by atoms with E-state index in [2.05, 4.69) is 5.32 Å². The number of halogens is 1. The van der Waals surface area contributed by atoms with E-state index in [1.165, 1.54) is 35.7 Å². The molecule has 2 rings (SSSR count). The van der Waals surface area contributed by atoms with E-state index in [0.717, 1.165) is 0 Å². The Kier molecular flexibility index (Phi) is 3.67. The Morgan fingerprint density at radius 3 is 2.88 bits per heavy atom. The lowest BCUT2D eigenvalue weighted by atomic mass is 10.3. The van der Waals surface area contributed by atoms with Crippen LogP contribution in [0, 0.1) is 5.82 Å². The van der Waals surface area contributed by atoms with Gasteiger partial charge in [0, 0.05) is 18.0 Å². The zero-order chi connectivity index (χ0) is 12.1. The van der Waals surface area contributed by atoms with Crippen LogP contribution >= 0.6 is 11.3 Å². The fourth-order valence-corrected chi connectivity index (χ4v) is 1.94. The van der Waals surface area contributed by atoms with Gasteiger partial charge in [0.25, 0.3) is 0 Å². The molecule has 0 atom stereocenters. The van der Waals surface area contributed by atoms with Crippen LogP contribution in [0.25, 0.3) is 0 Å². The standard InChI is InChI=1S/C13H10FNOS/c14-10-3-1-4-11(9-10)15-7-6-12(16)13-5-2-8-17-13/h1-9,15H/b7-6-. The third-order valence-corrected chi connectivity index (χ3v) is 2.96. The van der Waals surface area contributed by atoms with Crippen molar-refractivity contribution in [3.63, 3.8) is 0 Å². The van der Waals surface area contributed by atoms with Crippen LogP contribution in [0.1, 0.15) is 9.67 Å². The zero-order valence-electron chi connectivity index (χ0n) is 8.89. The first kappa shape index (κ1) is 11.5. The van der Waals surface area contributed by atoms with E-state index >= 15 is 0 Å². The minimum absolute atomic E-state index is 0.0658. The first-order valence-electron chi connectivity index (χ1n) is 5.02. The largest absolute Gasteiger partial charge is 0.361 e. The van der Waals surface area contributed by atoms with E-state index < -0.39 is 0 Å². The minimum Gasteiger partial charge on any atom is -0.361 e. The third-order valence-electron chi connectivity index (χ3n) is 2.07. The number of hydrogen-bond donors (Lipinski definition) is 1. The molecule has 0 radical (unpaired) electrons. The predicted molar refractivity (Wildman–Crippen MR) is 67.8 cm³/mol. The summed E-state index contributed by atoms with van der Waals surface area (Å²) in [6.45, 7) is 0. The average Bonchev–Trinajstić information content (AvgIpc) is 2.82. The van der Waals surface area contributed by atoms with Crippen molar-refractivity contribution in [1.82, 2.24) is 0 Å². The molecule has 0 aliphatic heterocycles. The van der Waals surface area contributed by atoms with Crippen molar-refractivity contribution in [2.75, 3.05) is 5.32 Å². The highest BCUT2D eigenvalue weighted by Gasteiger charge is 2.00. The molecule has 1 heterocycles. The van der Waals surface area contributed by atoms with Crippen molar-refractivity contribution < 1.29 is 9.18 Å². The van der Waals surface area contributed by atoms with Gasteiger partial charge in [0.2, 0.25) is 0 Å². The van der Waals surface area contributed by atoms with E-state index in [1.807, 2.05) is 11.4 Å². The molecule has 2 nitrogen and oxygen atoms in total. The van der Waals surface area contributed by atoms with Gasteiger partial charge in [-0.1, -0.05) is 12.1 Å². The number of hydrogen-bond acceptors (Lipinski definition) is 3. The highest BCUT2D eigenvalue weighted by atomic mass is 32.1. The SMILES string of the molecule is O=C(/C=C\Nc1cccc(F)c1)c1cccs1. The van der Waals surface area contributed by atoms with Crippen molar-refractivity contribution in [3.05, 3.63) is 64.7 Å². The summed E-state index contributed by atoms with van der Waals surface area (Å²) in [5.41, 5.74) is 0.611. The first-order valence-corrected chi connectivity index (χ1v) is 5.90. The van der Waals surface area contributed by atoms with E-state index in [9.17, 15) is 9.18 Å². The van der Waals surface area contributed by atoms with Crippen LogP contribution in [0.3, 0.4) is 0 Å². The second-order valence-electron chi connectivity index (χ2n) is 3.33. The zero-order valence-corrected chi connectivity index (χ0v) is 9.71. The molecule has 0 aliphatic carbocycles. The Morgan fingerprint density at radius 1 is 1.29 bits per heavy atom. The van der Waals surface area contributed by atoms with Crippen LogP contribution in [0.4, 0.5) is 10.1 Å². The van der Waals surface area contributed by atoms with Gasteiger partial charge >= 0.3 is 0 Å². The first-order chi connectivity index (χ1) is 8.25. The summed E-state index contributed by atoms with van der Waals surface area (Å²) in [5.74, 6) is -0.378. The van der Waals surface area contributed by atoms with Gasteiger partial charge in [-0.15, -0.1) is 11.3 Å². The quantitative estimate of drug-likeness (QED) is 0.659. The van der Waals surface area contributed by atoms with Crippen LogP contribution in [0.5, 0.6) is 0 Å². The van der Waals surface area contributed by atoms with Gasteiger partial charge in [-0.25, -0.2) is 4.39 Å². The molecule has 2 aromatic rings. The Balaban J connectivity index is 1.96. The number of thiophene rings is 1. The molecule has 86 valence electrons. The molecule has 0 saturated heterocycles. The summed E-state index contributed by atoms with van der Waals surface area (Å²) < 4.78 is 12.8. The summed E-state index contributed by atoms with van der Waals surface area (Å²) >= 11 is 1.39. The van der Waals surface area contributed by atoms with Crippen LogP contribution in [0.2, 0.25) is 0 Å². The van der Waals surface area contributed by atoms with Crippen LogP contribution in [0.15, 0.2) is 54.1 Å². The molecule has 0 saturated carbocycles. The van der Waals surface area contributed by atoms with Gasteiger partial charge in [-0.3, -0.25) is 4.79 Å². The van der Waals surface area contributed by atoms with E-state index in [-0.39, 0.29) is 11.6 Å². The molecule has 1 aromatic heterocycles. The fourth-order valence-electron chi connectivity index (χ4n) is 1.29. The van der Waals surface area contributed by atoms with E-state index in [4.69, 9.17) is 0 Å². The molecule has 0 amide bonds. The molecular weight excluding hydrogens is 237 g/mol. The number of allylic oxidation sites excluding steroid dienone is 1. The van der Waals surface area contributed by atoms with E-state index in [0.29, 0.717) is 10.6 Å². The summed E-state index contributed by atoms with van der Waals surface area (Å²) in [7, 11) is 0. The summed E-state index contributed by atoms with van der Waals surface area (Å²) in [5, 5.41) is 4.69. The van der Waals surface area contributed by atoms with Crippen molar-refractivity contribution in [1.29, 1.82) is 0 Å². The Morgan fingerprint density at radius 2 is 2.18 bits per heavy atom. The molecule has 17 heavy (non-hydrogen) atoms. The molecule has 1 aromatic carbocycles. The third kappa shape index (κ3) is 3.26. The van der Waals surface area contributed by atoms with Crippen LogP contribution in [-0.2, 0) is 0 Å². The number of anilines is 1. The highest BCUT2D eigenvalue weighted by molar-refractivity contribution is 7.12. The number of carbonyl (C=O) groups is 1. The number of rotatable bonds is 4. The smallest absolute Gasteiger partial charge is 0.197 e. The van der Waals surface area contributed by atoms with Crippen LogP contribution < -0.4 is 5.32 Å². The lowest BCUT2D eigenvalue weighted by molar-refractivity contribution is 0.105. The number of benzene rings is 1. The molecule has 4 heteroatoms. The second-order valence-corrected chi connectivity index (χ2v) is 4.28. The maximum Gasteiger partial charge on any atom is 0.197 e. The summed E-state index contributed by atoms with van der Waals surface area (Å²) in [6, 6.07) is 9.65. The maximum atomic E-state index is 12.8. The molecule has 0 bridgehead atoms. The molecule has 0 fully saturated rings. The van der Waals surface area contributed by atoms with Gasteiger partial charge < -0.3 is 5.32 Å². The summed E-state index contributed by atoms with van der Waals surface area (Å²) in [4.78, 5) is 12.3. The van der Waals surface area contributed by atoms with Crippen molar-refractivity contribution >= 4 is 22.8 Å². The monoisotopic (exact) mass is 247 g/mol. The van der Waals surface area contributed by atoms with Crippen molar-refractivity contribution in [2.24, 2.45) is 0 Å². The number of carbonyl (C=O) groups excluding carboxylic acids is 1. The fraction of sp³-hybridized carbons (Fsp3) is 0. The number of nitrogens with one attached hydrogen (secondary N) is 1. The lowest BCUT2D eigenvalue weighted by Crippen LogP contribution is -1.93. The predicted octanol–water partition coefficient (Wildman–Crippen LogP) is 3.70. The van der Waals surface area contributed by atoms with Crippen LogP contribution in [-0.4, -0.2) is 5.78 Å². The highest BCUT2D eigenvalue weighted by Crippen LogP contribution is 2.11. The van der Waals surface area contributed by atoms with Gasteiger partial charge in [-0.2, -0.15) is 0 Å². The topological polar surface area (TPSA) is 29.1 Å². The Bertz CT molecular complexity index is 534. The molecule has 1 N–H and O–H groups in total. The minimum atomic E-state index is -0.312. The van der Waals surface area contributed by atoms with Gasteiger partial charge in [0.05, 0.1) is 4.88 Å². The van der Waals surface area contributed by atoms with Gasteiger partial charge in [0.15, 0.2) is 5.78 Å². The van der Waals surface area contributed by atoms with Crippen molar-refractivity contribution in [2.45, 2.75) is 0 Å². The Hall–Kier alpha value is -1.94. The molecule has 0 unspecified atom stereocenters. The second kappa shape index (κ2) is 5.41. The molecule has 0 spiro atoms. The Labute approximate surface area is 102 Å².